The topological polar surface area (TPSA) is 37.4 Å². The minimum Gasteiger partial charge on any atom is -0.271 e. The number of carbonyl (C=O) groups excluding carboxylic acids is 2. The molecule has 1 saturated carbocycles. The van der Waals surface area contributed by atoms with Gasteiger partial charge >= 0.3 is 0 Å². The maximum Gasteiger partial charge on any atom is 0.253 e. The molecular weight excluding hydrogens is 190 g/mol. The van der Waals surface area contributed by atoms with Crippen LogP contribution < -0.4 is 0 Å². The Hall–Kier alpha value is -1.38. The summed E-state index contributed by atoms with van der Waals surface area (Å²) in [7, 11) is 0. The van der Waals surface area contributed by atoms with Crippen molar-refractivity contribution in [2.45, 2.75) is 19.3 Å². The molecule has 2 aliphatic carbocycles. The number of amides is 2. The van der Waals surface area contributed by atoms with Crippen LogP contribution in [0.25, 0.3) is 0 Å². The maximum atomic E-state index is 11.4. The van der Waals surface area contributed by atoms with Gasteiger partial charge in [0.2, 0.25) is 0 Å². The van der Waals surface area contributed by atoms with Crippen molar-refractivity contribution in [3.63, 3.8) is 0 Å². The van der Waals surface area contributed by atoms with E-state index in [1.54, 1.807) is 0 Å². The zero-order chi connectivity index (χ0) is 10.4. The monoisotopic (exact) mass is 203 g/mol. The van der Waals surface area contributed by atoms with E-state index in [9.17, 15) is 9.59 Å². The second kappa shape index (κ2) is 3.05. The van der Waals surface area contributed by atoms with Gasteiger partial charge in [-0.1, -0.05) is 11.6 Å². The lowest BCUT2D eigenvalue weighted by molar-refractivity contribution is -0.136. The molecule has 0 radical (unpaired) electrons. The average molecular weight is 203 g/mol. The van der Waals surface area contributed by atoms with Crippen molar-refractivity contribution in [3.05, 3.63) is 23.8 Å². The molecule has 2 unspecified atom stereocenters. The zero-order valence-corrected chi connectivity index (χ0v) is 8.48. The number of hydrogen-bond donors (Lipinski definition) is 0. The zero-order valence-electron chi connectivity index (χ0n) is 8.48. The third-order valence-electron chi connectivity index (χ3n) is 3.69. The van der Waals surface area contributed by atoms with Gasteiger partial charge < -0.3 is 0 Å². The van der Waals surface area contributed by atoms with Crippen LogP contribution in [0.4, 0.5) is 0 Å². The van der Waals surface area contributed by atoms with Gasteiger partial charge in [0.05, 0.1) is 6.54 Å². The molecule has 2 bridgehead atoms. The summed E-state index contributed by atoms with van der Waals surface area (Å²) in [5.41, 5.74) is 1.30. The highest BCUT2D eigenvalue weighted by Gasteiger charge is 2.35. The van der Waals surface area contributed by atoms with Crippen LogP contribution in [0, 0.1) is 11.8 Å². The second-order valence-electron chi connectivity index (χ2n) is 4.61. The van der Waals surface area contributed by atoms with E-state index in [1.165, 1.54) is 41.9 Å². The first-order chi connectivity index (χ1) is 7.24. The number of hydrogen-bond acceptors (Lipinski definition) is 2. The van der Waals surface area contributed by atoms with Crippen LogP contribution in [0.2, 0.25) is 0 Å². The smallest absolute Gasteiger partial charge is 0.253 e. The Morgan fingerprint density at radius 3 is 2.47 bits per heavy atom. The fourth-order valence-corrected chi connectivity index (χ4v) is 2.89. The van der Waals surface area contributed by atoms with Crippen LogP contribution >= 0.6 is 0 Å². The van der Waals surface area contributed by atoms with E-state index >= 15 is 0 Å². The van der Waals surface area contributed by atoms with Gasteiger partial charge in [0.15, 0.2) is 0 Å². The first-order valence-corrected chi connectivity index (χ1v) is 5.48. The van der Waals surface area contributed by atoms with Crippen LogP contribution in [0.1, 0.15) is 19.3 Å². The molecule has 78 valence electrons. The van der Waals surface area contributed by atoms with E-state index in [2.05, 4.69) is 6.08 Å². The number of allylic oxidation sites excluding steroid dienone is 1. The summed E-state index contributed by atoms with van der Waals surface area (Å²) in [6.07, 6.45) is 8.74. The lowest BCUT2D eigenvalue weighted by atomic mass is 9.98. The molecule has 0 spiro atoms. The van der Waals surface area contributed by atoms with Crippen LogP contribution in [0.15, 0.2) is 23.8 Å². The molecular formula is C12H13NO2. The van der Waals surface area contributed by atoms with Crippen molar-refractivity contribution >= 4 is 11.8 Å². The summed E-state index contributed by atoms with van der Waals surface area (Å²) in [4.78, 5) is 24.1. The van der Waals surface area contributed by atoms with Crippen molar-refractivity contribution in [1.82, 2.24) is 4.90 Å². The Labute approximate surface area is 88.4 Å². The van der Waals surface area contributed by atoms with E-state index in [4.69, 9.17) is 0 Å². The number of imide groups is 1. The van der Waals surface area contributed by atoms with Gasteiger partial charge in [-0.05, 0) is 31.1 Å². The van der Waals surface area contributed by atoms with Gasteiger partial charge in [0.25, 0.3) is 11.8 Å². The molecule has 0 N–H and O–H groups in total. The van der Waals surface area contributed by atoms with Crippen molar-refractivity contribution in [3.8, 4) is 0 Å². The molecule has 0 saturated heterocycles. The minimum absolute atomic E-state index is 0.163. The van der Waals surface area contributed by atoms with Gasteiger partial charge in [-0.15, -0.1) is 0 Å². The van der Waals surface area contributed by atoms with Gasteiger partial charge in [-0.3, -0.25) is 14.5 Å². The number of nitrogens with zero attached hydrogens (tertiary/aromatic N) is 1. The van der Waals surface area contributed by atoms with Crippen molar-refractivity contribution < 1.29 is 9.59 Å². The molecule has 15 heavy (non-hydrogen) atoms. The summed E-state index contributed by atoms with van der Waals surface area (Å²) >= 11 is 0. The highest BCUT2D eigenvalue weighted by molar-refractivity contribution is 6.13. The highest BCUT2D eigenvalue weighted by Crippen LogP contribution is 2.43. The van der Waals surface area contributed by atoms with Crippen molar-refractivity contribution in [2.24, 2.45) is 11.8 Å². The third-order valence-corrected chi connectivity index (χ3v) is 3.69. The Balaban J connectivity index is 1.74. The fraction of sp³-hybridized carbons (Fsp3) is 0.500. The predicted octanol–water partition coefficient (Wildman–Crippen LogP) is 1.27. The first-order valence-electron chi connectivity index (χ1n) is 5.48. The Kier molecular flexibility index (Phi) is 1.81. The van der Waals surface area contributed by atoms with Crippen LogP contribution in [0.3, 0.4) is 0 Å². The normalized spacial score (nSPS) is 33.1. The third kappa shape index (κ3) is 1.34. The SMILES string of the molecule is O=C1C=CC(=O)N1CC1=CC2CCC1C2. The minimum atomic E-state index is -0.163. The molecule has 2 atom stereocenters. The van der Waals surface area contributed by atoms with E-state index < -0.39 is 0 Å². The molecule has 1 fully saturated rings. The lowest BCUT2D eigenvalue weighted by Crippen LogP contribution is -2.32. The van der Waals surface area contributed by atoms with Gasteiger partial charge in [0.1, 0.15) is 0 Å². The van der Waals surface area contributed by atoms with E-state index in [0.29, 0.717) is 18.4 Å². The number of rotatable bonds is 2. The summed E-state index contributed by atoms with van der Waals surface area (Å²) in [5.74, 6) is 1.02. The highest BCUT2D eigenvalue weighted by atomic mass is 16.2. The quantitative estimate of drug-likeness (QED) is 0.500. The van der Waals surface area contributed by atoms with Crippen LogP contribution in [-0.4, -0.2) is 23.3 Å². The maximum absolute atomic E-state index is 11.4. The van der Waals surface area contributed by atoms with Gasteiger partial charge in [-0.2, -0.15) is 0 Å². The van der Waals surface area contributed by atoms with E-state index in [0.717, 1.165) is 0 Å². The standard InChI is InChI=1S/C12H13NO2/c14-11-3-4-12(15)13(11)7-10-6-8-1-2-9(10)5-8/h3-4,6,8-9H,1-2,5,7H2. The number of carbonyl (C=O) groups is 2. The summed E-state index contributed by atoms with van der Waals surface area (Å²) in [6.45, 7) is 0.520. The van der Waals surface area contributed by atoms with Crippen molar-refractivity contribution in [2.75, 3.05) is 6.54 Å². The summed E-state index contributed by atoms with van der Waals surface area (Å²) in [6, 6.07) is 0. The molecule has 3 heteroatoms. The molecule has 3 rings (SSSR count). The fourth-order valence-electron chi connectivity index (χ4n) is 2.89. The summed E-state index contributed by atoms with van der Waals surface area (Å²) < 4.78 is 0. The molecule has 3 aliphatic rings. The molecule has 0 aromatic rings. The van der Waals surface area contributed by atoms with E-state index in [1.807, 2.05) is 0 Å². The Morgan fingerprint density at radius 2 is 1.93 bits per heavy atom. The molecule has 2 amide bonds. The largest absolute Gasteiger partial charge is 0.271 e. The molecule has 0 aromatic carbocycles. The second-order valence-corrected chi connectivity index (χ2v) is 4.61. The van der Waals surface area contributed by atoms with Gasteiger partial charge in [0, 0.05) is 12.2 Å². The Morgan fingerprint density at radius 1 is 1.20 bits per heavy atom. The number of fused-ring (bicyclic) bond motifs is 2. The van der Waals surface area contributed by atoms with Crippen LogP contribution in [-0.2, 0) is 9.59 Å². The van der Waals surface area contributed by atoms with E-state index in [-0.39, 0.29) is 11.8 Å². The molecule has 1 aliphatic heterocycles. The molecule has 1 heterocycles. The predicted molar refractivity (Wildman–Crippen MR) is 54.8 cm³/mol. The average Bonchev–Trinajstić information content (AvgIpc) is 2.89. The molecule has 3 nitrogen and oxygen atoms in total. The first kappa shape index (κ1) is 8.89. The Bertz CT molecular complexity index is 376. The molecule has 0 aromatic heterocycles. The lowest BCUT2D eigenvalue weighted by Gasteiger charge is -2.19. The van der Waals surface area contributed by atoms with Gasteiger partial charge in [-0.25, -0.2) is 0 Å². The van der Waals surface area contributed by atoms with Crippen molar-refractivity contribution in [1.29, 1.82) is 0 Å². The summed E-state index contributed by atoms with van der Waals surface area (Å²) in [5, 5.41) is 0. The van der Waals surface area contributed by atoms with Crippen LogP contribution in [0.5, 0.6) is 0 Å².